The Bertz CT molecular complexity index is 854. The lowest BCUT2D eigenvalue weighted by atomic mass is 10.1. The summed E-state index contributed by atoms with van der Waals surface area (Å²) in [5.74, 6) is -2.82. The molecule has 0 bridgehead atoms. The first-order chi connectivity index (χ1) is 11.0. The number of amides is 1. The smallest absolute Gasteiger partial charge is 0.264 e. The van der Waals surface area contributed by atoms with E-state index >= 15 is 0 Å². The van der Waals surface area contributed by atoms with E-state index in [0.717, 1.165) is 23.3 Å². The molecule has 0 radical (unpaired) electrons. The average Bonchev–Trinajstić information content (AvgIpc) is 2.95. The van der Waals surface area contributed by atoms with E-state index in [1.807, 2.05) is 31.2 Å². The standard InChI is InChI=1S/C17H12F2N2O2/c1-10-4-2-5-11(8-10)14-9-15(23-21-14)20-17(22)16-12(18)6-3-7-13(16)19/h2-9H,1H3,(H,20,22). The second-order valence-electron chi connectivity index (χ2n) is 5.00. The second-order valence-corrected chi connectivity index (χ2v) is 5.00. The fraction of sp³-hybridized carbons (Fsp3) is 0.0588. The summed E-state index contributed by atoms with van der Waals surface area (Å²) in [6, 6.07) is 12.2. The summed E-state index contributed by atoms with van der Waals surface area (Å²) in [6.45, 7) is 1.94. The summed E-state index contributed by atoms with van der Waals surface area (Å²) in [5, 5.41) is 6.14. The van der Waals surface area contributed by atoms with E-state index in [1.165, 1.54) is 12.1 Å². The van der Waals surface area contributed by atoms with E-state index in [4.69, 9.17) is 4.52 Å². The maximum atomic E-state index is 13.6. The Labute approximate surface area is 130 Å². The number of nitrogens with one attached hydrogen (secondary N) is 1. The van der Waals surface area contributed by atoms with Crippen LogP contribution < -0.4 is 5.32 Å². The predicted octanol–water partition coefficient (Wildman–Crippen LogP) is 4.18. The largest absolute Gasteiger partial charge is 0.338 e. The Morgan fingerprint density at radius 1 is 1.09 bits per heavy atom. The molecule has 23 heavy (non-hydrogen) atoms. The van der Waals surface area contributed by atoms with Gasteiger partial charge in [0.05, 0.1) is 0 Å². The van der Waals surface area contributed by atoms with Gasteiger partial charge in [0.2, 0.25) is 5.88 Å². The maximum absolute atomic E-state index is 13.6. The highest BCUT2D eigenvalue weighted by molar-refractivity contribution is 6.04. The van der Waals surface area contributed by atoms with Gasteiger partial charge in [-0.3, -0.25) is 10.1 Å². The summed E-state index contributed by atoms with van der Waals surface area (Å²) in [6.07, 6.45) is 0. The van der Waals surface area contributed by atoms with Crippen molar-refractivity contribution in [2.75, 3.05) is 5.32 Å². The summed E-state index contributed by atoms with van der Waals surface area (Å²) < 4.78 is 32.1. The van der Waals surface area contributed by atoms with Crippen molar-refractivity contribution in [3.63, 3.8) is 0 Å². The first kappa shape index (κ1) is 14.9. The van der Waals surface area contributed by atoms with Gasteiger partial charge in [0, 0.05) is 11.6 Å². The molecule has 0 aliphatic rings. The molecule has 6 heteroatoms. The number of aryl methyl sites for hydroxylation is 1. The van der Waals surface area contributed by atoms with Crippen LogP contribution in [-0.2, 0) is 0 Å². The van der Waals surface area contributed by atoms with Crippen molar-refractivity contribution in [2.45, 2.75) is 6.92 Å². The number of halogens is 2. The van der Waals surface area contributed by atoms with Crippen LogP contribution in [0.2, 0.25) is 0 Å². The Balaban J connectivity index is 1.83. The van der Waals surface area contributed by atoms with Gasteiger partial charge in [-0.25, -0.2) is 8.78 Å². The Kier molecular flexibility index (Phi) is 3.89. The van der Waals surface area contributed by atoms with E-state index in [2.05, 4.69) is 10.5 Å². The molecule has 0 spiro atoms. The highest BCUT2D eigenvalue weighted by Crippen LogP contribution is 2.23. The van der Waals surface area contributed by atoms with Gasteiger partial charge < -0.3 is 4.52 Å². The summed E-state index contributed by atoms with van der Waals surface area (Å²) in [5.41, 5.74) is 1.70. The summed E-state index contributed by atoms with van der Waals surface area (Å²) in [4.78, 5) is 12.0. The molecular weight excluding hydrogens is 302 g/mol. The minimum Gasteiger partial charge on any atom is -0.338 e. The van der Waals surface area contributed by atoms with Crippen LogP contribution in [0.15, 0.2) is 53.1 Å². The normalized spacial score (nSPS) is 10.6. The average molecular weight is 314 g/mol. The van der Waals surface area contributed by atoms with E-state index in [-0.39, 0.29) is 5.88 Å². The van der Waals surface area contributed by atoms with E-state index in [1.54, 1.807) is 0 Å². The monoisotopic (exact) mass is 314 g/mol. The van der Waals surface area contributed by atoms with Crippen LogP contribution in [0.25, 0.3) is 11.3 Å². The van der Waals surface area contributed by atoms with Crippen LogP contribution in [0.1, 0.15) is 15.9 Å². The number of hydrogen-bond donors (Lipinski definition) is 1. The molecule has 0 aliphatic heterocycles. The number of anilines is 1. The number of nitrogens with zero attached hydrogens (tertiary/aromatic N) is 1. The van der Waals surface area contributed by atoms with Crippen LogP contribution in [0.4, 0.5) is 14.7 Å². The SMILES string of the molecule is Cc1cccc(-c2cc(NC(=O)c3c(F)cccc3F)on2)c1. The van der Waals surface area contributed by atoms with Gasteiger partial charge in [-0.15, -0.1) is 0 Å². The van der Waals surface area contributed by atoms with Crippen molar-refractivity contribution < 1.29 is 18.1 Å². The first-order valence-corrected chi connectivity index (χ1v) is 6.84. The lowest BCUT2D eigenvalue weighted by molar-refractivity contribution is 0.101. The van der Waals surface area contributed by atoms with Crippen molar-refractivity contribution in [3.8, 4) is 11.3 Å². The molecule has 0 saturated carbocycles. The number of carbonyl (C=O) groups excluding carboxylic acids is 1. The van der Waals surface area contributed by atoms with Crippen LogP contribution in [0.3, 0.4) is 0 Å². The number of rotatable bonds is 3. The molecule has 0 fully saturated rings. The van der Waals surface area contributed by atoms with Crippen LogP contribution in [0.5, 0.6) is 0 Å². The minimum atomic E-state index is -0.944. The lowest BCUT2D eigenvalue weighted by Crippen LogP contribution is -2.15. The molecule has 2 aromatic carbocycles. The van der Waals surface area contributed by atoms with Crippen molar-refractivity contribution in [1.82, 2.24) is 5.16 Å². The molecule has 0 unspecified atom stereocenters. The number of aromatic nitrogens is 1. The van der Waals surface area contributed by atoms with Crippen molar-refractivity contribution in [1.29, 1.82) is 0 Å². The Hall–Kier alpha value is -3.02. The zero-order valence-corrected chi connectivity index (χ0v) is 12.1. The second kappa shape index (κ2) is 6.00. The van der Waals surface area contributed by atoms with Gasteiger partial charge in [-0.1, -0.05) is 35.0 Å². The highest BCUT2D eigenvalue weighted by atomic mass is 19.1. The summed E-state index contributed by atoms with van der Waals surface area (Å²) in [7, 11) is 0. The minimum absolute atomic E-state index is 0.00848. The molecular formula is C17H12F2N2O2. The molecule has 0 aliphatic carbocycles. The molecule has 3 aromatic rings. The van der Waals surface area contributed by atoms with Crippen LogP contribution in [-0.4, -0.2) is 11.1 Å². The molecule has 1 N–H and O–H groups in total. The molecule has 0 atom stereocenters. The van der Waals surface area contributed by atoms with E-state index < -0.39 is 23.1 Å². The number of benzene rings is 2. The third kappa shape index (κ3) is 3.11. The highest BCUT2D eigenvalue weighted by Gasteiger charge is 2.19. The van der Waals surface area contributed by atoms with Gasteiger partial charge in [-0.05, 0) is 25.1 Å². The van der Waals surface area contributed by atoms with Crippen molar-refractivity contribution in [3.05, 3.63) is 71.3 Å². The van der Waals surface area contributed by atoms with Gasteiger partial charge in [0.25, 0.3) is 5.91 Å². The molecule has 3 rings (SSSR count). The fourth-order valence-corrected chi connectivity index (χ4v) is 2.16. The molecule has 0 saturated heterocycles. The summed E-state index contributed by atoms with van der Waals surface area (Å²) >= 11 is 0. The molecule has 1 aromatic heterocycles. The maximum Gasteiger partial charge on any atom is 0.264 e. The van der Waals surface area contributed by atoms with Gasteiger partial charge >= 0.3 is 0 Å². The van der Waals surface area contributed by atoms with Crippen molar-refractivity contribution in [2.24, 2.45) is 0 Å². The Morgan fingerprint density at radius 3 is 2.48 bits per heavy atom. The fourth-order valence-electron chi connectivity index (χ4n) is 2.16. The van der Waals surface area contributed by atoms with E-state index in [9.17, 15) is 13.6 Å². The molecule has 4 nitrogen and oxygen atoms in total. The molecule has 1 amide bonds. The van der Waals surface area contributed by atoms with Gasteiger partial charge in [-0.2, -0.15) is 0 Å². The van der Waals surface area contributed by atoms with Gasteiger partial charge in [0.1, 0.15) is 22.9 Å². The Morgan fingerprint density at radius 2 is 1.78 bits per heavy atom. The molecule has 116 valence electrons. The topological polar surface area (TPSA) is 55.1 Å². The quantitative estimate of drug-likeness (QED) is 0.789. The lowest BCUT2D eigenvalue weighted by Gasteiger charge is -2.03. The zero-order chi connectivity index (χ0) is 16.4. The van der Waals surface area contributed by atoms with Gasteiger partial charge in [0.15, 0.2) is 0 Å². The third-order valence-corrected chi connectivity index (χ3v) is 3.25. The van der Waals surface area contributed by atoms with E-state index in [0.29, 0.717) is 5.69 Å². The van der Waals surface area contributed by atoms with Crippen LogP contribution >= 0.6 is 0 Å². The molecule has 1 heterocycles. The number of carbonyl (C=O) groups is 1. The predicted molar refractivity (Wildman–Crippen MR) is 81.0 cm³/mol. The number of hydrogen-bond acceptors (Lipinski definition) is 3. The van der Waals surface area contributed by atoms with Crippen molar-refractivity contribution >= 4 is 11.8 Å². The van der Waals surface area contributed by atoms with Crippen LogP contribution in [0, 0.1) is 18.6 Å². The zero-order valence-electron chi connectivity index (χ0n) is 12.1. The first-order valence-electron chi connectivity index (χ1n) is 6.84. The third-order valence-electron chi connectivity index (χ3n) is 3.25.